The van der Waals surface area contributed by atoms with Gasteiger partial charge in [0.25, 0.3) is 0 Å². The Balaban J connectivity index is 2.04. The fourth-order valence-corrected chi connectivity index (χ4v) is 2.38. The molecule has 0 unspecified atom stereocenters. The summed E-state index contributed by atoms with van der Waals surface area (Å²) in [7, 11) is 1.69. The van der Waals surface area contributed by atoms with Crippen molar-refractivity contribution in [1.29, 1.82) is 0 Å². The van der Waals surface area contributed by atoms with Gasteiger partial charge in [-0.15, -0.1) is 0 Å². The van der Waals surface area contributed by atoms with E-state index >= 15 is 0 Å². The average Bonchev–Trinajstić information content (AvgIpc) is 2.40. The number of hydrogen-bond acceptors (Lipinski definition) is 2. The number of nitrogens with zero attached hydrogens (tertiary/aromatic N) is 1. The van der Waals surface area contributed by atoms with Gasteiger partial charge < -0.3 is 16.0 Å². The molecule has 0 aliphatic carbocycles. The van der Waals surface area contributed by atoms with Gasteiger partial charge in [-0.2, -0.15) is 0 Å². The molecule has 6 heteroatoms. The lowest BCUT2D eigenvalue weighted by atomic mass is 10.2. The van der Waals surface area contributed by atoms with Crippen LogP contribution in [0.15, 0.2) is 42.5 Å². The molecule has 0 saturated heterocycles. The van der Waals surface area contributed by atoms with Crippen molar-refractivity contribution in [2.45, 2.75) is 6.54 Å². The smallest absolute Gasteiger partial charge is 0.321 e. The summed E-state index contributed by atoms with van der Waals surface area (Å²) in [6.45, 7) is 0.410. The second-order valence-electron chi connectivity index (χ2n) is 4.64. The molecule has 0 heterocycles. The Hall–Kier alpha value is -1.91. The Morgan fingerprint density at radius 3 is 2.43 bits per heavy atom. The molecule has 0 saturated carbocycles. The quantitative estimate of drug-likeness (QED) is 0.830. The molecule has 2 amide bonds. The van der Waals surface area contributed by atoms with Gasteiger partial charge in [-0.05, 0) is 29.8 Å². The third-order valence-electron chi connectivity index (χ3n) is 2.92. The van der Waals surface area contributed by atoms with E-state index in [2.05, 4.69) is 5.32 Å². The monoisotopic (exact) mass is 323 g/mol. The van der Waals surface area contributed by atoms with Crippen LogP contribution in [0, 0.1) is 0 Å². The van der Waals surface area contributed by atoms with Crippen LogP contribution in [0.2, 0.25) is 10.0 Å². The molecule has 2 rings (SSSR count). The molecule has 0 aliphatic heterocycles. The maximum atomic E-state index is 12.1. The van der Waals surface area contributed by atoms with Crippen molar-refractivity contribution in [3.63, 3.8) is 0 Å². The molecule has 0 aromatic heterocycles. The maximum Gasteiger partial charge on any atom is 0.321 e. The van der Waals surface area contributed by atoms with Gasteiger partial charge >= 0.3 is 6.03 Å². The molecule has 0 bridgehead atoms. The van der Waals surface area contributed by atoms with E-state index in [0.29, 0.717) is 28.0 Å². The van der Waals surface area contributed by atoms with E-state index < -0.39 is 0 Å². The minimum atomic E-state index is -0.267. The number of rotatable bonds is 3. The van der Waals surface area contributed by atoms with Crippen molar-refractivity contribution in [3.05, 3.63) is 58.1 Å². The van der Waals surface area contributed by atoms with Crippen LogP contribution in [0.3, 0.4) is 0 Å². The van der Waals surface area contributed by atoms with Crippen LogP contribution in [0.5, 0.6) is 0 Å². The number of nitrogen functional groups attached to an aromatic ring is 1. The normalized spacial score (nSPS) is 10.2. The number of nitrogens with two attached hydrogens (primary N) is 1. The van der Waals surface area contributed by atoms with Crippen LogP contribution in [0.25, 0.3) is 0 Å². The topological polar surface area (TPSA) is 58.4 Å². The Labute approximate surface area is 133 Å². The van der Waals surface area contributed by atoms with Crippen molar-refractivity contribution in [2.75, 3.05) is 18.1 Å². The molecule has 0 aliphatic rings. The van der Waals surface area contributed by atoms with Crippen molar-refractivity contribution < 1.29 is 4.79 Å². The van der Waals surface area contributed by atoms with Crippen molar-refractivity contribution >= 4 is 40.6 Å². The summed E-state index contributed by atoms with van der Waals surface area (Å²) >= 11 is 11.8. The molecule has 3 N–H and O–H groups in total. The van der Waals surface area contributed by atoms with Gasteiger partial charge in [0.2, 0.25) is 0 Å². The van der Waals surface area contributed by atoms with Crippen molar-refractivity contribution in [2.24, 2.45) is 0 Å². The third-order valence-corrected chi connectivity index (χ3v) is 3.36. The zero-order chi connectivity index (χ0) is 15.4. The van der Waals surface area contributed by atoms with E-state index in [1.54, 1.807) is 31.3 Å². The van der Waals surface area contributed by atoms with Gasteiger partial charge in [-0.3, -0.25) is 0 Å². The number of urea groups is 1. The van der Waals surface area contributed by atoms with Crippen molar-refractivity contribution in [1.82, 2.24) is 4.90 Å². The molecule has 4 nitrogen and oxygen atoms in total. The second kappa shape index (κ2) is 6.70. The minimum Gasteiger partial charge on any atom is -0.398 e. The highest BCUT2D eigenvalue weighted by atomic mass is 35.5. The number of benzene rings is 2. The number of para-hydroxylation sites is 1. The Morgan fingerprint density at radius 1 is 1.19 bits per heavy atom. The Bertz CT molecular complexity index is 641. The van der Waals surface area contributed by atoms with Gasteiger partial charge in [0.1, 0.15) is 0 Å². The molecular weight excluding hydrogens is 309 g/mol. The molecule has 0 radical (unpaired) electrons. The van der Waals surface area contributed by atoms with Crippen LogP contribution >= 0.6 is 23.2 Å². The number of amides is 2. The molecule has 0 atom stereocenters. The highest BCUT2D eigenvalue weighted by Gasteiger charge is 2.11. The highest BCUT2D eigenvalue weighted by Crippen LogP contribution is 2.23. The molecule has 0 spiro atoms. The van der Waals surface area contributed by atoms with Crippen LogP contribution in [0.4, 0.5) is 16.2 Å². The fraction of sp³-hybridized carbons (Fsp3) is 0.133. The number of anilines is 2. The molecule has 2 aromatic rings. The number of halogens is 2. The summed E-state index contributed by atoms with van der Waals surface area (Å²) in [5.74, 6) is 0. The summed E-state index contributed by atoms with van der Waals surface area (Å²) in [6.07, 6.45) is 0. The predicted molar refractivity (Wildman–Crippen MR) is 87.8 cm³/mol. The molecule has 21 heavy (non-hydrogen) atoms. The van der Waals surface area contributed by atoms with E-state index in [1.807, 2.05) is 18.2 Å². The number of carbonyl (C=O) groups is 1. The summed E-state index contributed by atoms with van der Waals surface area (Å²) in [5, 5.41) is 3.67. The highest BCUT2D eigenvalue weighted by molar-refractivity contribution is 6.35. The first-order chi connectivity index (χ1) is 9.95. The zero-order valence-electron chi connectivity index (χ0n) is 11.4. The first-order valence-corrected chi connectivity index (χ1v) is 7.03. The van der Waals surface area contributed by atoms with Crippen molar-refractivity contribution in [3.8, 4) is 0 Å². The second-order valence-corrected chi connectivity index (χ2v) is 5.52. The number of nitrogens with one attached hydrogen (secondary N) is 1. The van der Waals surface area contributed by atoms with Gasteiger partial charge in [-0.1, -0.05) is 41.4 Å². The summed E-state index contributed by atoms with van der Waals surface area (Å²) in [6, 6.07) is 12.0. The first-order valence-electron chi connectivity index (χ1n) is 6.27. The Kier molecular flexibility index (Phi) is 4.94. The number of carbonyl (C=O) groups excluding carboxylic acids is 1. The van der Waals surface area contributed by atoms with E-state index in [0.717, 1.165) is 5.56 Å². The average molecular weight is 324 g/mol. The largest absolute Gasteiger partial charge is 0.398 e. The lowest BCUT2D eigenvalue weighted by Crippen LogP contribution is -2.31. The lowest BCUT2D eigenvalue weighted by molar-refractivity contribution is 0.221. The van der Waals surface area contributed by atoms with E-state index in [4.69, 9.17) is 28.9 Å². The standard InChI is InChI=1S/C15H15Cl2N3O/c1-20(9-10-4-2-3-5-14(10)18)15(21)19-13-7-11(16)6-12(17)8-13/h2-8H,9,18H2,1H3,(H,19,21). The van der Waals surface area contributed by atoms with Crippen LogP contribution in [-0.2, 0) is 6.54 Å². The minimum absolute atomic E-state index is 0.267. The SMILES string of the molecule is CN(Cc1ccccc1N)C(=O)Nc1cc(Cl)cc(Cl)c1. The molecule has 110 valence electrons. The van der Waals surface area contributed by atoms with E-state index in [9.17, 15) is 4.79 Å². The fourth-order valence-electron chi connectivity index (χ4n) is 1.85. The maximum absolute atomic E-state index is 12.1. The zero-order valence-corrected chi connectivity index (χ0v) is 12.9. The van der Waals surface area contributed by atoms with Gasteiger partial charge in [-0.25, -0.2) is 4.79 Å². The van der Waals surface area contributed by atoms with E-state index in [-0.39, 0.29) is 6.03 Å². The molecular formula is C15H15Cl2N3O. The van der Waals surface area contributed by atoms with Crippen LogP contribution < -0.4 is 11.1 Å². The van der Waals surface area contributed by atoms with Gasteiger partial charge in [0, 0.05) is 35.0 Å². The van der Waals surface area contributed by atoms with E-state index in [1.165, 1.54) is 4.90 Å². The summed E-state index contributed by atoms with van der Waals surface area (Å²) < 4.78 is 0. The summed E-state index contributed by atoms with van der Waals surface area (Å²) in [4.78, 5) is 13.7. The molecule has 2 aromatic carbocycles. The van der Waals surface area contributed by atoms with Gasteiger partial charge in [0.05, 0.1) is 0 Å². The lowest BCUT2D eigenvalue weighted by Gasteiger charge is -2.19. The summed E-state index contributed by atoms with van der Waals surface area (Å²) in [5.41, 5.74) is 7.96. The van der Waals surface area contributed by atoms with Crippen LogP contribution in [0.1, 0.15) is 5.56 Å². The predicted octanol–water partition coefficient (Wildman–Crippen LogP) is 4.24. The van der Waals surface area contributed by atoms with Crippen LogP contribution in [-0.4, -0.2) is 18.0 Å². The molecule has 0 fully saturated rings. The Morgan fingerprint density at radius 2 is 1.81 bits per heavy atom. The van der Waals surface area contributed by atoms with Gasteiger partial charge in [0.15, 0.2) is 0 Å². The first kappa shape index (κ1) is 15.5. The number of hydrogen-bond donors (Lipinski definition) is 2. The third kappa shape index (κ3) is 4.28.